The highest BCUT2D eigenvalue weighted by atomic mass is 16.4. The van der Waals surface area contributed by atoms with Crippen LogP contribution in [0.3, 0.4) is 0 Å². The molecule has 0 aliphatic rings. The summed E-state index contributed by atoms with van der Waals surface area (Å²) in [6.45, 7) is 6.73. The van der Waals surface area contributed by atoms with E-state index in [0.717, 1.165) is 12.8 Å². The lowest BCUT2D eigenvalue weighted by molar-refractivity contribution is -0.141. The van der Waals surface area contributed by atoms with Crippen LogP contribution in [0.2, 0.25) is 0 Å². The Hall–Kier alpha value is -1.51. The number of rotatable bonds is 7. The molecule has 0 aliphatic carbocycles. The molecule has 0 bridgehead atoms. The predicted octanol–water partition coefficient (Wildman–Crippen LogP) is 3.33. The third-order valence-corrected chi connectivity index (χ3v) is 3.30. The van der Waals surface area contributed by atoms with E-state index in [1.165, 1.54) is 16.8 Å². The minimum Gasteiger partial charge on any atom is -0.481 e. The smallest absolute Gasteiger partial charge is 0.306 e. The second-order valence-corrected chi connectivity index (χ2v) is 4.61. The highest BCUT2D eigenvalue weighted by molar-refractivity contribution is 5.69. The van der Waals surface area contributed by atoms with E-state index in [9.17, 15) is 4.79 Å². The molecule has 1 unspecified atom stereocenters. The van der Waals surface area contributed by atoms with E-state index in [0.29, 0.717) is 13.0 Å². The van der Waals surface area contributed by atoms with E-state index in [2.05, 4.69) is 37.4 Å². The summed E-state index contributed by atoms with van der Waals surface area (Å²) in [4.78, 5) is 10.8. The van der Waals surface area contributed by atoms with Crippen molar-refractivity contribution in [3.05, 3.63) is 29.3 Å². The average Bonchev–Trinajstić information content (AvgIpc) is 2.38. The Morgan fingerprint density at radius 2 is 1.83 bits per heavy atom. The van der Waals surface area contributed by atoms with E-state index >= 15 is 0 Å². The Labute approximate surface area is 109 Å². The fourth-order valence-electron chi connectivity index (χ4n) is 2.01. The number of nitrogens with one attached hydrogen (secondary N) is 1. The molecule has 0 amide bonds. The molecule has 0 radical (unpaired) electrons. The van der Waals surface area contributed by atoms with E-state index in [4.69, 9.17) is 5.11 Å². The lowest BCUT2D eigenvalue weighted by Gasteiger charge is -2.16. The van der Waals surface area contributed by atoms with Crippen molar-refractivity contribution in [1.29, 1.82) is 0 Å². The summed E-state index contributed by atoms with van der Waals surface area (Å²) >= 11 is 0. The number of anilines is 1. The van der Waals surface area contributed by atoms with Gasteiger partial charge in [-0.15, -0.1) is 0 Å². The Balaban J connectivity index is 2.68. The van der Waals surface area contributed by atoms with Crippen LogP contribution < -0.4 is 5.32 Å². The molecular formula is C15H23NO2. The van der Waals surface area contributed by atoms with Crippen LogP contribution >= 0.6 is 0 Å². The molecule has 1 aromatic rings. The number of carbonyl (C=O) groups is 1. The molecule has 0 aliphatic heterocycles. The number of aliphatic carboxylic acids is 1. The van der Waals surface area contributed by atoms with Crippen molar-refractivity contribution in [2.24, 2.45) is 5.92 Å². The van der Waals surface area contributed by atoms with Crippen molar-refractivity contribution < 1.29 is 9.90 Å². The largest absolute Gasteiger partial charge is 0.481 e. The number of aryl methyl sites for hydroxylation is 2. The van der Waals surface area contributed by atoms with E-state index in [1.807, 2.05) is 0 Å². The first-order chi connectivity index (χ1) is 8.60. The normalized spacial score (nSPS) is 12.2. The quantitative estimate of drug-likeness (QED) is 0.779. The van der Waals surface area contributed by atoms with Crippen molar-refractivity contribution in [2.45, 2.75) is 40.0 Å². The molecule has 0 heterocycles. The zero-order chi connectivity index (χ0) is 13.5. The topological polar surface area (TPSA) is 49.3 Å². The van der Waals surface area contributed by atoms with Crippen molar-refractivity contribution in [1.82, 2.24) is 0 Å². The lowest BCUT2D eigenvalue weighted by Crippen LogP contribution is -2.15. The number of hydrogen-bond acceptors (Lipinski definition) is 2. The highest BCUT2D eigenvalue weighted by Gasteiger charge is 2.11. The van der Waals surface area contributed by atoms with Gasteiger partial charge in [-0.25, -0.2) is 0 Å². The summed E-state index contributed by atoms with van der Waals surface area (Å²) in [5, 5.41) is 12.3. The van der Waals surface area contributed by atoms with E-state index in [1.54, 1.807) is 6.92 Å². The van der Waals surface area contributed by atoms with Crippen LogP contribution in [0.1, 0.15) is 38.3 Å². The molecule has 0 saturated carbocycles. The van der Waals surface area contributed by atoms with Crippen molar-refractivity contribution in [3.63, 3.8) is 0 Å². The monoisotopic (exact) mass is 249 g/mol. The van der Waals surface area contributed by atoms with Crippen LogP contribution in [-0.4, -0.2) is 17.6 Å². The van der Waals surface area contributed by atoms with Crippen LogP contribution in [0.4, 0.5) is 5.69 Å². The van der Waals surface area contributed by atoms with Gasteiger partial charge in [-0.2, -0.15) is 0 Å². The Bertz CT molecular complexity index is 379. The molecular weight excluding hydrogens is 226 g/mol. The maximum Gasteiger partial charge on any atom is 0.306 e. The molecule has 3 nitrogen and oxygen atoms in total. The fraction of sp³-hybridized carbons (Fsp3) is 0.533. The molecule has 0 spiro atoms. The van der Waals surface area contributed by atoms with Gasteiger partial charge in [0, 0.05) is 12.2 Å². The first-order valence-electron chi connectivity index (χ1n) is 6.67. The predicted molar refractivity (Wildman–Crippen MR) is 75.1 cm³/mol. The third kappa shape index (κ3) is 3.76. The van der Waals surface area contributed by atoms with Crippen molar-refractivity contribution in [2.75, 3.05) is 11.9 Å². The van der Waals surface area contributed by atoms with E-state index < -0.39 is 5.97 Å². The van der Waals surface area contributed by atoms with Crippen LogP contribution in [0.5, 0.6) is 0 Å². The zero-order valence-electron chi connectivity index (χ0n) is 11.5. The second-order valence-electron chi connectivity index (χ2n) is 4.61. The maximum absolute atomic E-state index is 10.8. The van der Waals surface area contributed by atoms with Crippen molar-refractivity contribution >= 4 is 11.7 Å². The summed E-state index contributed by atoms with van der Waals surface area (Å²) in [5.74, 6) is -1.02. The van der Waals surface area contributed by atoms with Gasteiger partial charge >= 0.3 is 5.97 Å². The summed E-state index contributed by atoms with van der Waals surface area (Å²) < 4.78 is 0. The van der Waals surface area contributed by atoms with Gasteiger partial charge in [0.25, 0.3) is 0 Å². The molecule has 3 heteroatoms. The highest BCUT2D eigenvalue weighted by Crippen LogP contribution is 2.22. The zero-order valence-corrected chi connectivity index (χ0v) is 11.5. The summed E-state index contributed by atoms with van der Waals surface area (Å²) in [6.07, 6.45) is 2.63. The van der Waals surface area contributed by atoms with Gasteiger partial charge in [0.2, 0.25) is 0 Å². The van der Waals surface area contributed by atoms with Crippen molar-refractivity contribution in [3.8, 4) is 0 Å². The summed E-state index contributed by atoms with van der Waals surface area (Å²) in [5.41, 5.74) is 3.80. The average molecular weight is 249 g/mol. The Morgan fingerprint density at radius 1 is 1.28 bits per heavy atom. The fourth-order valence-corrected chi connectivity index (χ4v) is 2.01. The lowest BCUT2D eigenvalue weighted by atomic mass is 10.0. The van der Waals surface area contributed by atoms with Gasteiger partial charge in [-0.3, -0.25) is 4.79 Å². The second kappa shape index (κ2) is 7.04. The molecule has 0 aromatic heterocycles. The van der Waals surface area contributed by atoms with Crippen LogP contribution in [0, 0.1) is 5.92 Å². The third-order valence-electron chi connectivity index (χ3n) is 3.30. The molecule has 0 saturated heterocycles. The first kappa shape index (κ1) is 14.6. The molecule has 2 N–H and O–H groups in total. The number of carboxylic acids is 1. The minimum absolute atomic E-state index is 0.295. The summed E-state index contributed by atoms with van der Waals surface area (Å²) in [6, 6.07) is 6.34. The SMILES string of the molecule is CCc1cccc(CC)c1NCCC(C)C(=O)O. The minimum atomic E-state index is -0.726. The van der Waals surface area contributed by atoms with Gasteiger partial charge in [-0.1, -0.05) is 39.0 Å². The molecule has 18 heavy (non-hydrogen) atoms. The molecule has 1 atom stereocenters. The van der Waals surface area contributed by atoms with Gasteiger partial charge in [0.05, 0.1) is 5.92 Å². The Kier molecular flexibility index (Phi) is 5.69. The molecule has 1 aromatic carbocycles. The number of hydrogen-bond donors (Lipinski definition) is 2. The van der Waals surface area contributed by atoms with Crippen LogP contribution in [-0.2, 0) is 17.6 Å². The standard InChI is InChI=1S/C15H23NO2/c1-4-12-7-6-8-13(5-2)14(12)16-10-9-11(3)15(17)18/h6-8,11,16H,4-5,9-10H2,1-3H3,(H,17,18). The first-order valence-corrected chi connectivity index (χ1v) is 6.67. The van der Waals surface area contributed by atoms with Crippen LogP contribution in [0.25, 0.3) is 0 Å². The summed E-state index contributed by atoms with van der Waals surface area (Å²) in [7, 11) is 0. The number of para-hydroxylation sites is 1. The number of carboxylic acid groups (broad SMARTS) is 1. The molecule has 100 valence electrons. The molecule has 0 fully saturated rings. The van der Waals surface area contributed by atoms with Gasteiger partial charge in [-0.05, 0) is 30.4 Å². The van der Waals surface area contributed by atoms with Gasteiger partial charge in [0.1, 0.15) is 0 Å². The number of benzene rings is 1. The Morgan fingerprint density at radius 3 is 2.28 bits per heavy atom. The van der Waals surface area contributed by atoms with Gasteiger partial charge < -0.3 is 10.4 Å². The van der Waals surface area contributed by atoms with Crippen LogP contribution in [0.15, 0.2) is 18.2 Å². The maximum atomic E-state index is 10.8. The van der Waals surface area contributed by atoms with E-state index in [-0.39, 0.29) is 5.92 Å². The van der Waals surface area contributed by atoms with Gasteiger partial charge in [0.15, 0.2) is 0 Å². The molecule has 1 rings (SSSR count).